The molecule has 0 N–H and O–H groups in total. The molecule has 2 rings (SSSR count). The van der Waals surface area contributed by atoms with Crippen molar-refractivity contribution >= 4 is 32.8 Å². The van der Waals surface area contributed by atoms with Crippen LogP contribution < -0.4 is 0 Å². The van der Waals surface area contributed by atoms with E-state index >= 15 is 0 Å². The molecule has 3 heteroatoms. The molecule has 0 saturated carbocycles. The van der Waals surface area contributed by atoms with Gasteiger partial charge in [-0.1, -0.05) is 18.2 Å². The maximum Gasteiger partial charge on any atom is 0.0926 e. The maximum atomic E-state index is 11.4. The second kappa shape index (κ2) is 2.57. The molecule has 1 atom stereocenters. The standard InChI is InChI=1S/C8H5BrOS/c9-8-5-6-3-1-2-4-7(6)11(8)10/h1-5H. The van der Waals surface area contributed by atoms with E-state index in [0.717, 1.165) is 14.3 Å². The first-order valence-electron chi connectivity index (χ1n) is 3.17. The molecule has 1 aliphatic rings. The molecular weight excluding hydrogens is 224 g/mol. The van der Waals surface area contributed by atoms with E-state index < -0.39 is 10.8 Å². The Morgan fingerprint density at radius 1 is 1.27 bits per heavy atom. The molecular formula is C8H5BrOS. The number of fused-ring (bicyclic) bond motifs is 1. The Hall–Kier alpha value is -0.410. The Morgan fingerprint density at radius 2 is 2.00 bits per heavy atom. The SMILES string of the molecule is O=S1C(Br)=Cc2ccccc21. The van der Waals surface area contributed by atoms with Crippen LogP contribution in [0.1, 0.15) is 5.56 Å². The average Bonchev–Trinajstić information content (AvgIpc) is 2.30. The predicted molar refractivity (Wildman–Crippen MR) is 49.8 cm³/mol. The van der Waals surface area contributed by atoms with Gasteiger partial charge < -0.3 is 0 Å². The third-order valence-electron chi connectivity index (χ3n) is 1.56. The summed E-state index contributed by atoms with van der Waals surface area (Å²) >= 11 is 3.25. The van der Waals surface area contributed by atoms with Crippen molar-refractivity contribution in [3.63, 3.8) is 0 Å². The number of rotatable bonds is 0. The van der Waals surface area contributed by atoms with Crippen LogP contribution in [0.15, 0.2) is 33.0 Å². The fourth-order valence-electron chi connectivity index (χ4n) is 1.05. The Balaban J connectivity index is 2.67. The zero-order valence-electron chi connectivity index (χ0n) is 5.58. The topological polar surface area (TPSA) is 17.1 Å². The normalized spacial score (nSPS) is 21.2. The molecule has 56 valence electrons. The highest BCUT2D eigenvalue weighted by Crippen LogP contribution is 2.31. The van der Waals surface area contributed by atoms with Gasteiger partial charge in [0.1, 0.15) is 0 Å². The van der Waals surface area contributed by atoms with Crippen molar-refractivity contribution in [2.24, 2.45) is 0 Å². The Bertz CT molecular complexity index is 357. The van der Waals surface area contributed by atoms with Gasteiger partial charge in [-0.3, -0.25) is 0 Å². The molecule has 1 heterocycles. The summed E-state index contributed by atoms with van der Waals surface area (Å²) in [5, 5.41) is 0. The van der Waals surface area contributed by atoms with Crippen molar-refractivity contribution in [3.8, 4) is 0 Å². The zero-order chi connectivity index (χ0) is 7.84. The van der Waals surface area contributed by atoms with Gasteiger partial charge in [0.25, 0.3) is 0 Å². The highest BCUT2D eigenvalue weighted by atomic mass is 79.9. The number of hydrogen-bond acceptors (Lipinski definition) is 1. The van der Waals surface area contributed by atoms with E-state index in [0.29, 0.717) is 0 Å². The average molecular weight is 229 g/mol. The summed E-state index contributed by atoms with van der Waals surface area (Å²) in [5.74, 6) is 0. The summed E-state index contributed by atoms with van der Waals surface area (Å²) in [6.45, 7) is 0. The number of halogens is 1. The smallest absolute Gasteiger partial charge is 0.0926 e. The van der Waals surface area contributed by atoms with Crippen LogP contribution in [0, 0.1) is 0 Å². The molecule has 1 aliphatic heterocycles. The Kier molecular flexibility index (Phi) is 1.69. The van der Waals surface area contributed by atoms with E-state index in [9.17, 15) is 4.21 Å². The van der Waals surface area contributed by atoms with E-state index in [1.54, 1.807) is 0 Å². The van der Waals surface area contributed by atoms with Crippen LogP contribution in [0.5, 0.6) is 0 Å². The third-order valence-corrected chi connectivity index (χ3v) is 3.92. The molecule has 0 spiro atoms. The molecule has 0 aliphatic carbocycles. The van der Waals surface area contributed by atoms with Crippen LogP contribution >= 0.6 is 15.9 Å². The van der Waals surface area contributed by atoms with Gasteiger partial charge >= 0.3 is 0 Å². The van der Waals surface area contributed by atoms with Gasteiger partial charge in [-0.2, -0.15) is 0 Å². The minimum atomic E-state index is -0.965. The molecule has 0 fully saturated rings. The molecule has 0 bridgehead atoms. The lowest BCUT2D eigenvalue weighted by Crippen LogP contribution is -1.84. The lowest BCUT2D eigenvalue weighted by atomic mass is 10.2. The quantitative estimate of drug-likeness (QED) is 0.668. The number of benzene rings is 1. The summed E-state index contributed by atoms with van der Waals surface area (Å²) < 4.78 is 12.2. The largest absolute Gasteiger partial charge is 0.248 e. The summed E-state index contributed by atoms with van der Waals surface area (Å²) in [5.41, 5.74) is 1.05. The summed E-state index contributed by atoms with van der Waals surface area (Å²) in [7, 11) is -0.965. The highest BCUT2D eigenvalue weighted by Gasteiger charge is 2.17. The Labute approximate surface area is 75.7 Å². The van der Waals surface area contributed by atoms with Gasteiger partial charge in [-0.15, -0.1) is 0 Å². The fourth-order valence-corrected chi connectivity index (χ4v) is 2.81. The summed E-state index contributed by atoms with van der Waals surface area (Å²) in [6, 6.07) is 7.69. The third kappa shape index (κ3) is 1.08. The van der Waals surface area contributed by atoms with Crippen molar-refractivity contribution in [2.75, 3.05) is 0 Å². The van der Waals surface area contributed by atoms with Crippen molar-refractivity contribution in [1.82, 2.24) is 0 Å². The van der Waals surface area contributed by atoms with Crippen molar-refractivity contribution in [1.29, 1.82) is 0 Å². The van der Waals surface area contributed by atoms with E-state index in [2.05, 4.69) is 15.9 Å². The molecule has 0 radical (unpaired) electrons. The summed E-state index contributed by atoms with van der Waals surface area (Å²) in [6.07, 6.45) is 1.89. The van der Waals surface area contributed by atoms with Crippen LogP contribution in [0.25, 0.3) is 6.08 Å². The molecule has 1 aromatic carbocycles. The van der Waals surface area contributed by atoms with Gasteiger partial charge in [0, 0.05) is 0 Å². The number of hydrogen-bond donors (Lipinski definition) is 0. The molecule has 1 unspecified atom stereocenters. The second-order valence-corrected chi connectivity index (χ2v) is 5.05. The van der Waals surface area contributed by atoms with Crippen LogP contribution in [0.4, 0.5) is 0 Å². The first-order chi connectivity index (χ1) is 5.29. The van der Waals surface area contributed by atoms with Crippen LogP contribution in [-0.4, -0.2) is 4.21 Å². The van der Waals surface area contributed by atoms with E-state index in [-0.39, 0.29) is 0 Å². The molecule has 11 heavy (non-hydrogen) atoms. The van der Waals surface area contributed by atoms with Gasteiger partial charge in [-0.05, 0) is 33.6 Å². The Morgan fingerprint density at radius 3 is 2.73 bits per heavy atom. The van der Waals surface area contributed by atoms with Crippen LogP contribution in [-0.2, 0) is 10.8 Å². The zero-order valence-corrected chi connectivity index (χ0v) is 7.98. The van der Waals surface area contributed by atoms with Crippen LogP contribution in [0.3, 0.4) is 0 Å². The molecule has 0 amide bonds. The van der Waals surface area contributed by atoms with E-state index in [4.69, 9.17) is 0 Å². The van der Waals surface area contributed by atoms with Gasteiger partial charge in [0.15, 0.2) is 0 Å². The summed E-state index contributed by atoms with van der Waals surface area (Å²) in [4.78, 5) is 0.902. The lowest BCUT2D eigenvalue weighted by Gasteiger charge is -1.93. The first kappa shape index (κ1) is 7.25. The lowest BCUT2D eigenvalue weighted by molar-refractivity contribution is 0.688. The maximum absolute atomic E-state index is 11.4. The van der Waals surface area contributed by atoms with E-state index in [1.165, 1.54) is 0 Å². The highest BCUT2D eigenvalue weighted by molar-refractivity contribution is 9.13. The second-order valence-electron chi connectivity index (χ2n) is 2.26. The fraction of sp³-hybridized carbons (Fsp3) is 0. The molecule has 1 nitrogen and oxygen atoms in total. The van der Waals surface area contributed by atoms with Gasteiger partial charge in [0.05, 0.1) is 19.5 Å². The first-order valence-corrected chi connectivity index (χ1v) is 5.11. The van der Waals surface area contributed by atoms with E-state index in [1.807, 2.05) is 30.3 Å². The van der Waals surface area contributed by atoms with Crippen molar-refractivity contribution in [2.45, 2.75) is 4.90 Å². The molecule has 1 aromatic rings. The van der Waals surface area contributed by atoms with Crippen molar-refractivity contribution in [3.05, 3.63) is 33.6 Å². The minimum absolute atomic E-state index is 0.763. The van der Waals surface area contributed by atoms with Crippen molar-refractivity contribution < 1.29 is 4.21 Å². The van der Waals surface area contributed by atoms with Gasteiger partial charge in [-0.25, -0.2) is 4.21 Å². The van der Waals surface area contributed by atoms with Gasteiger partial charge in [0.2, 0.25) is 0 Å². The molecule has 0 aromatic heterocycles. The minimum Gasteiger partial charge on any atom is -0.248 e. The monoisotopic (exact) mass is 228 g/mol. The predicted octanol–water partition coefficient (Wildman–Crippen LogP) is 2.50. The molecule has 0 saturated heterocycles. The van der Waals surface area contributed by atoms with Crippen LogP contribution in [0.2, 0.25) is 0 Å².